The minimum atomic E-state index is -1.86. The minimum Gasteiger partial charge on any atom is -0.444 e. The van der Waals surface area contributed by atoms with Gasteiger partial charge in [-0.25, -0.2) is 4.98 Å². The molecule has 0 radical (unpaired) electrons. The number of oxazole rings is 1. The summed E-state index contributed by atoms with van der Waals surface area (Å²) in [5.74, 6) is 0.555. The Morgan fingerprint density at radius 2 is 2.44 bits per heavy atom. The molecule has 1 unspecified atom stereocenters. The molecule has 0 spiro atoms. The van der Waals surface area contributed by atoms with Gasteiger partial charge in [0.1, 0.15) is 12.5 Å². The predicted octanol–water partition coefficient (Wildman–Crippen LogP) is 1.54. The highest BCUT2D eigenvalue weighted by Crippen LogP contribution is 2.20. The number of hydrogen-bond acceptors (Lipinski definition) is 5. The Hall–Kier alpha value is -1.52. The van der Waals surface area contributed by atoms with Crippen molar-refractivity contribution >= 4 is 8.03 Å². The first-order chi connectivity index (χ1) is 8.79. The lowest BCUT2D eigenvalue weighted by molar-refractivity contribution is -0.753. The van der Waals surface area contributed by atoms with Crippen LogP contribution >= 0.6 is 8.03 Å². The van der Waals surface area contributed by atoms with Crippen LogP contribution in [0.1, 0.15) is 6.42 Å². The quantitative estimate of drug-likeness (QED) is 0.587. The fourth-order valence-corrected chi connectivity index (χ4v) is 2.15. The Morgan fingerprint density at radius 1 is 1.56 bits per heavy atom. The SMILES string of the molecule is CO[PH](=O)CCC[n+]1ccc(-c2ncco2)cn1. The van der Waals surface area contributed by atoms with E-state index in [9.17, 15) is 4.57 Å². The highest BCUT2D eigenvalue weighted by Gasteiger charge is 2.08. The first-order valence-corrected chi connectivity index (χ1v) is 7.14. The summed E-state index contributed by atoms with van der Waals surface area (Å²) in [4.78, 5) is 4.04. The van der Waals surface area contributed by atoms with Crippen molar-refractivity contribution in [2.75, 3.05) is 13.3 Å². The van der Waals surface area contributed by atoms with Crippen LogP contribution in [0.15, 0.2) is 35.3 Å². The first-order valence-electron chi connectivity index (χ1n) is 5.62. The molecule has 0 amide bonds. The second-order valence-corrected chi connectivity index (χ2v) is 5.35. The smallest absolute Gasteiger partial charge is 0.227 e. The molecule has 2 heterocycles. The fourth-order valence-electron chi connectivity index (χ4n) is 1.50. The number of aryl methyl sites for hydroxylation is 1. The third-order valence-corrected chi connectivity index (χ3v) is 3.66. The highest BCUT2D eigenvalue weighted by molar-refractivity contribution is 7.39. The molecule has 96 valence electrons. The molecule has 0 aliphatic rings. The zero-order chi connectivity index (χ0) is 12.8. The molecule has 0 aliphatic carbocycles. The molecule has 6 nitrogen and oxygen atoms in total. The summed E-state index contributed by atoms with van der Waals surface area (Å²) in [6.45, 7) is 0.714. The summed E-state index contributed by atoms with van der Waals surface area (Å²) in [7, 11) is -0.388. The van der Waals surface area contributed by atoms with E-state index in [2.05, 4.69) is 10.1 Å². The van der Waals surface area contributed by atoms with E-state index in [1.807, 2.05) is 12.3 Å². The summed E-state index contributed by atoms with van der Waals surface area (Å²) < 4.78 is 22.8. The molecule has 0 aliphatic heterocycles. The third kappa shape index (κ3) is 3.48. The van der Waals surface area contributed by atoms with Gasteiger partial charge in [-0.2, -0.15) is 0 Å². The molecule has 18 heavy (non-hydrogen) atoms. The number of aromatic nitrogens is 3. The lowest BCUT2D eigenvalue weighted by atomic mass is 10.3. The Balaban J connectivity index is 1.90. The maximum absolute atomic E-state index is 11.1. The van der Waals surface area contributed by atoms with E-state index in [1.165, 1.54) is 13.4 Å². The summed E-state index contributed by atoms with van der Waals surface area (Å²) in [5, 5.41) is 4.24. The number of nitrogens with zero attached hydrogens (tertiary/aromatic N) is 3. The van der Waals surface area contributed by atoms with Gasteiger partial charge in [-0.05, 0) is 5.10 Å². The minimum absolute atomic E-state index is 0.555. The molecule has 0 saturated carbocycles. The van der Waals surface area contributed by atoms with E-state index in [0.717, 1.165) is 12.0 Å². The third-order valence-electron chi connectivity index (χ3n) is 2.45. The van der Waals surface area contributed by atoms with Crippen LogP contribution in [-0.2, 0) is 15.6 Å². The topological polar surface area (TPSA) is 69.1 Å². The lowest BCUT2D eigenvalue weighted by Gasteiger charge is -1.97. The summed E-state index contributed by atoms with van der Waals surface area (Å²) in [6, 6.07) is 1.89. The van der Waals surface area contributed by atoms with E-state index < -0.39 is 8.03 Å². The number of hydrogen-bond donors (Lipinski definition) is 0. The second-order valence-electron chi connectivity index (χ2n) is 3.70. The van der Waals surface area contributed by atoms with Crippen molar-refractivity contribution in [3.05, 3.63) is 30.9 Å². The van der Waals surface area contributed by atoms with E-state index in [1.54, 1.807) is 17.1 Å². The zero-order valence-corrected chi connectivity index (χ0v) is 11.1. The standard InChI is InChI=1S/C11H15N3O3P/c1-16-18(15)8-2-5-14-6-3-10(9-13-14)11-12-4-7-17-11/h3-4,6-7,9,18H,2,5,8H2,1H3/q+1. The van der Waals surface area contributed by atoms with Gasteiger partial charge in [0.15, 0.2) is 20.8 Å². The molecule has 1 atom stereocenters. The summed E-state index contributed by atoms with van der Waals surface area (Å²) in [5.41, 5.74) is 0.835. The fraction of sp³-hybridized carbons (Fsp3) is 0.364. The highest BCUT2D eigenvalue weighted by atomic mass is 31.1. The van der Waals surface area contributed by atoms with E-state index >= 15 is 0 Å². The lowest BCUT2D eigenvalue weighted by Crippen LogP contribution is -2.37. The average Bonchev–Trinajstić information content (AvgIpc) is 2.93. The maximum atomic E-state index is 11.1. The van der Waals surface area contributed by atoms with Crippen molar-refractivity contribution in [3.63, 3.8) is 0 Å². The molecule has 0 fully saturated rings. The molecule has 0 aromatic carbocycles. The molecule has 0 N–H and O–H groups in total. The van der Waals surface area contributed by atoms with Crippen LogP contribution in [0.2, 0.25) is 0 Å². The van der Waals surface area contributed by atoms with Gasteiger partial charge in [0.25, 0.3) is 0 Å². The second kappa shape index (κ2) is 6.42. The van der Waals surface area contributed by atoms with E-state index in [4.69, 9.17) is 8.94 Å². The number of rotatable bonds is 6. The van der Waals surface area contributed by atoms with Gasteiger partial charge < -0.3 is 8.94 Å². The van der Waals surface area contributed by atoms with Crippen molar-refractivity contribution in [3.8, 4) is 11.5 Å². The Bertz CT molecular complexity index is 499. The van der Waals surface area contributed by atoms with Crippen LogP contribution in [0, 0.1) is 0 Å². The van der Waals surface area contributed by atoms with Crippen molar-refractivity contribution in [1.82, 2.24) is 10.1 Å². The van der Waals surface area contributed by atoms with Crippen LogP contribution in [0.3, 0.4) is 0 Å². The molecular weight excluding hydrogens is 253 g/mol. The molecule has 2 aromatic heterocycles. The van der Waals surface area contributed by atoms with Gasteiger partial charge in [-0.15, -0.1) is 0 Å². The Labute approximate surface area is 105 Å². The van der Waals surface area contributed by atoms with E-state index in [-0.39, 0.29) is 0 Å². The maximum Gasteiger partial charge on any atom is 0.227 e. The van der Waals surface area contributed by atoms with Crippen molar-refractivity contribution in [1.29, 1.82) is 0 Å². The van der Waals surface area contributed by atoms with Gasteiger partial charge in [0.2, 0.25) is 5.89 Å². The molecular formula is C11H15N3O3P+. The predicted molar refractivity (Wildman–Crippen MR) is 65.4 cm³/mol. The van der Waals surface area contributed by atoms with Crippen LogP contribution in [-0.4, -0.2) is 23.4 Å². The molecule has 2 aromatic rings. The molecule has 7 heteroatoms. The summed E-state index contributed by atoms with van der Waals surface area (Å²) >= 11 is 0. The van der Waals surface area contributed by atoms with Crippen molar-refractivity contribution in [2.45, 2.75) is 13.0 Å². The zero-order valence-electron chi connectivity index (χ0n) is 10.1. The van der Waals surface area contributed by atoms with Crippen molar-refractivity contribution in [2.24, 2.45) is 0 Å². The Morgan fingerprint density at radius 3 is 3.06 bits per heavy atom. The van der Waals surface area contributed by atoms with Crippen LogP contribution in [0.5, 0.6) is 0 Å². The largest absolute Gasteiger partial charge is 0.444 e. The molecule has 2 rings (SSSR count). The van der Waals surface area contributed by atoms with Crippen LogP contribution < -0.4 is 4.68 Å². The normalized spacial score (nSPS) is 12.5. The van der Waals surface area contributed by atoms with Gasteiger partial charge >= 0.3 is 0 Å². The molecule has 0 bridgehead atoms. The van der Waals surface area contributed by atoms with Gasteiger partial charge in [0, 0.05) is 25.8 Å². The van der Waals surface area contributed by atoms with Crippen LogP contribution in [0.25, 0.3) is 11.5 Å². The van der Waals surface area contributed by atoms with Gasteiger partial charge in [-0.3, -0.25) is 4.57 Å². The average molecular weight is 268 g/mol. The summed E-state index contributed by atoms with van der Waals surface area (Å²) in [6.07, 6.45) is 8.03. The van der Waals surface area contributed by atoms with Gasteiger partial charge in [0.05, 0.1) is 11.8 Å². The molecule has 0 saturated heterocycles. The van der Waals surface area contributed by atoms with Crippen LogP contribution in [0.4, 0.5) is 0 Å². The van der Waals surface area contributed by atoms with Crippen molar-refractivity contribution < 1.29 is 18.2 Å². The Kier molecular flexibility index (Phi) is 4.61. The van der Waals surface area contributed by atoms with E-state index in [0.29, 0.717) is 18.6 Å². The first kappa shape index (κ1) is 12.9. The van der Waals surface area contributed by atoms with Gasteiger partial charge in [-0.1, -0.05) is 4.68 Å². The monoisotopic (exact) mass is 268 g/mol.